The summed E-state index contributed by atoms with van der Waals surface area (Å²) in [7, 11) is 0. The largest absolute Gasteiger partial charge is 0.445 e. The Balaban J connectivity index is 1.75. The van der Waals surface area contributed by atoms with Crippen molar-refractivity contribution in [3.05, 3.63) is 65.8 Å². The zero-order valence-corrected chi connectivity index (χ0v) is 24.9. The molecule has 1 aromatic heterocycles. The number of hydrogen-bond acceptors (Lipinski definition) is 6. The molecular formula is C32H49N5O4. The Morgan fingerprint density at radius 2 is 1.90 bits per heavy atom. The van der Waals surface area contributed by atoms with Crippen LogP contribution in [0.3, 0.4) is 0 Å². The number of aliphatic hydroxyl groups excluding tert-OH is 1. The molecule has 1 fully saturated rings. The van der Waals surface area contributed by atoms with E-state index in [-0.39, 0.29) is 18.5 Å². The van der Waals surface area contributed by atoms with Crippen LogP contribution in [0.2, 0.25) is 0 Å². The number of carbonyl (C=O) groups is 2. The number of allylic oxidation sites excluding steroid dienone is 1. The van der Waals surface area contributed by atoms with E-state index in [1.807, 2.05) is 37.3 Å². The average molecular weight is 568 g/mol. The van der Waals surface area contributed by atoms with Gasteiger partial charge in [-0.2, -0.15) is 0 Å². The lowest BCUT2D eigenvalue weighted by Gasteiger charge is -2.32. The molecule has 2 aromatic rings. The highest BCUT2D eigenvalue weighted by atomic mass is 16.6. The number of hydrogen-bond donors (Lipinski definition) is 5. The number of benzene rings is 1. The lowest BCUT2D eigenvalue weighted by molar-refractivity contribution is -0.125. The molecular weight excluding hydrogens is 518 g/mol. The summed E-state index contributed by atoms with van der Waals surface area (Å²) in [5, 5.41) is 17.9. The quantitative estimate of drug-likeness (QED) is 0.190. The van der Waals surface area contributed by atoms with Crippen molar-refractivity contribution in [2.24, 2.45) is 17.6 Å². The van der Waals surface area contributed by atoms with Gasteiger partial charge in [0.1, 0.15) is 6.10 Å². The molecule has 9 nitrogen and oxygen atoms in total. The van der Waals surface area contributed by atoms with Gasteiger partial charge in [-0.25, -0.2) is 9.78 Å². The normalized spacial score (nSPS) is 17.5. The SMILES string of the molecule is CC=C(C[C@@H](O)[C@H](CC1CCCCC1)NC(=O)[C@H](Cc1cnc[nH]1)NC[C@H](Cc1ccccc1)OC(N)=O)C(C)C. The van der Waals surface area contributed by atoms with Gasteiger partial charge >= 0.3 is 6.09 Å². The maximum absolute atomic E-state index is 13.8. The minimum atomic E-state index is -0.858. The molecule has 0 aliphatic heterocycles. The van der Waals surface area contributed by atoms with Gasteiger partial charge in [0.2, 0.25) is 5.91 Å². The number of aliphatic hydroxyl groups is 1. The topological polar surface area (TPSA) is 142 Å². The van der Waals surface area contributed by atoms with Crippen LogP contribution in [0, 0.1) is 11.8 Å². The molecule has 0 unspecified atom stereocenters. The minimum Gasteiger partial charge on any atom is -0.445 e. The van der Waals surface area contributed by atoms with Crippen molar-refractivity contribution in [1.29, 1.82) is 0 Å². The second-order valence-electron chi connectivity index (χ2n) is 11.6. The molecule has 1 heterocycles. The third-order valence-electron chi connectivity index (χ3n) is 8.14. The number of nitrogens with two attached hydrogens (primary N) is 1. The van der Waals surface area contributed by atoms with Gasteiger partial charge in [0.15, 0.2) is 0 Å². The van der Waals surface area contributed by atoms with E-state index in [2.05, 4.69) is 40.5 Å². The third kappa shape index (κ3) is 11.3. The van der Waals surface area contributed by atoms with Crippen LogP contribution in [0.5, 0.6) is 0 Å². The molecule has 2 amide bonds. The Morgan fingerprint density at radius 1 is 1.17 bits per heavy atom. The highest BCUT2D eigenvalue weighted by Crippen LogP contribution is 2.29. The van der Waals surface area contributed by atoms with Gasteiger partial charge in [-0.1, -0.05) is 87.9 Å². The monoisotopic (exact) mass is 567 g/mol. The van der Waals surface area contributed by atoms with Crippen LogP contribution in [-0.2, 0) is 22.4 Å². The average Bonchev–Trinajstić information content (AvgIpc) is 3.47. The van der Waals surface area contributed by atoms with E-state index in [4.69, 9.17) is 10.5 Å². The number of aromatic nitrogens is 2. The molecule has 0 bridgehead atoms. The first-order chi connectivity index (χ1) is 19.7. The van der Waals surface area contributed by atoms with Gasteiger partial charge in [-0.05, 0) is 37.2 Å². The fourth-order valence-corrected chi connectivity index (χ4v) is 5.79. The molecule has 6 N–H and O–H groups in total. The summed E-state index contributed by atoms with van der Waals surface area (Å²) in [6.45, 7) is 6.49. The molecule has 1 saturated carbocycles. The number of carbonyl (C=O) groups excluding carboxylic acids is 2. The van der Waals surface area contributed by atoms with Gasteiger partial charge < -0.3 is 31.2 Å². The highest BCUT2D eigenvalue weighted by molar-refractivity contribution is 5.82. The van der Waals surface area contributed by atoms with Gasteiger partial charge in [0.05, 0.1) is 24.5 Å². The molecule has 0 spiro atoms. The summed E-state index contributed by atoms with van der Waals surface area (Å²) in [5.41, 5.74) is 8.35. The number of nitrogens with zero attached hydrogens (tertiary/aromatic N) is 1. The molecule has 41 heavy (non-hydrogen) atoms. The summed E-state index contributed by atoms with van der Waals surface area (Å²) in [6.07, 6.45) is 11.2. The van der Waals surface area contributed by atoms with Crippen molar-refractivity contribution >= 4 is 12.0 Å². The van der Waals surface area contributed by atoms with Crippen LogP contribution >= 0.6 is 0 Å². The zero-order chi connectivity index (χ0) is 29.6. The molecule has 9 heteroatoms. The summed E-state index contributed by atoms with van der Waals surface area (Å²) >= 11 is 0. The number of primary amides is 1. The van der Waals surface area contributed by atoms with E-state index in [1.54, 1.807) is 12.5 Å². The molecule has 3 rings (SSSR count). The Morgan fingerprint density at radius 3 is 2.51 bits per heavy atom. The lowest BCUT2D eigenvalue weighted by atomic mass is 9.82. The number of rotatable bonds is 16. The van der Waals surface area contributed by atoms with Crippen molar-refractivity contribution in [3.8, 4) is 0 Å². The zero-order valence-electron chi connectivity index (χ0n) is 24.9. The first-order valence-corrected chi connectivity index (χ1v) is 15.1. The van der Waals surface area contributed by atoms with E-state index < -0.39 is 24.3 Å². The molecule has 1 aromatic carbocycles. The maximum atomic E-state index is 13.8. The predicted molar refractivity (Wildman–Crippen MR) is 161 cm³/mol. The van der Waals surface area contributed by atoms with Gasteiger partial charge in [0, 0.05) is 31.3 Å². The molecule has 226 valence electrons. The van der Waals surface area contributed by atoms with Crippen LogP contribution in [0.4, 0.5) is 4.79 Å². The van der Waals surface area contributed by atoms with Crippen molar-refractivity contribution in [3.63, 3.8) is 0 Å². The lowest BCUT2D eigenvalue weighted by Crippen LogP contribution is -2.54. The standard InChI is InChI=1S/C32H49N5O4/c1-4-25(22(2)3)17-30(38)28(16-24-13-9-6-10-14-24)37-31(39)29(18-26-19-34-21-36-26)35-20-27(41-32(33)40)15-23-11-7-5-8-12-23/h4-5,7-8,11-12,19,21-22,24,27-30,35,38H,6,9-10,13-18,20H2,1-3H3,(H2,33,40)(H,34,36)(H,37,39)/t27-,28-,29-,30+/m0/s1. The second-order valence-corrected chi connectivity index (χ2v) is 11.6. The van der Waals surface area contributed by atoms with Crippen molar-refractivity contribution in [2.45, 2.75) is 103 Å². The van der Waals surface area contributed by atoms with Crippen LogP contribution in [0.1, 0.15) is 77.0 Å². The smallest absolute Gasteiger partial charge is 0.404 e. The molecule has 1 aliphatic carbocycles. The molecule has 4 atom stereocenters. The Labute approximate surface area is 244 Å². The number of ether oxygens (including phenoxy) is 1. The van der Waals surface area contributed by atoms with E-state index >= 15 is 0 Å². The first-order valence-electron chi connectivity index (χ1n) is 15.1. The molecule has 0 radical (unpaired) electrons. The van der Waals surface area contributed by atoms with E-state index in [0.29, 0.717) is 31.1 Å². The van der Waals surface area contributed by atoms with E-state index in [0.717, 1.165) is 30.5 Å². The van der Waals surface area contributed by atoms with E-state index in [9.17, 15) is 14.7 Å². The van der Waals surface area contributed by atoms with Crippen LogP contribution in [0.25, 0.3) is 0 Å². The summed E-state index contributed by atoms with van der Waals surface area (Å²) < 4.78 is 5.40. The number of aromatic amines is 1. The Bertz CT molecular complexity index is 1070. The third-order valence-corrected chi connectivity index (χ3v) is 8.14. The van der Waals surface area contributed by atoms with Gasteiger partial charge in [0.25, 0.3) is 0 Å². The fourth-order valence-electron chi connectivity index (χ4n) is 5.79. The van der Waals surface area contributed by atoms with Crippen molar-refractivity contribution in [2.75, 3.05) is 6.54 Å². The number of H-pyrrole nitrogens is 1. The first kappa shape index (κ1) is 32.3. The highest BCUT2D eigenvalue weighted by Gasteiger charge is 2.30. The van der Waals surface area contributed by atoms with Crippen LogP contribution < -0.4 is 16.4 Å². The number of amides is 2. The molecule has 1 aliphatic rings. The Hall–Kier alpha value is -3.17. The number of nitrogens with one attached hydrogen (secondary N) is 3. The second kappa shape index (κ2) is 16.9. The fraction of sp³-hybridized carbons (Fsp3) is 0.594. The van der Waals surface area contributed by atoms with Gasteiger partial charge in [-0.3, -0.25) is 4.79 Å². The van der Waals surface area contributed by atoms with Gasteiger partial charge in [-0.15, -0.1) is 0 Å². The minimum absolute atomic E-state index is 0.205. The number of imidazole rings is 1. The van der Waals surface area contributed by atoms with Crippen molar-refractivity contribution < 1.29 is 19.4 Å². The van der Waals surface area contributed by atoms with Crippen LogP contribution in [-0.4, -0.2) is 57.9 Å². The Kier molecular flexibility index (Phi) is 13.4. The summed E-state index contributed by atoms with van der Waals surface area (Å²) in [5.74, 6) is 0.598. The summed E-state index contributed by atoms with van der Waals surface area (Å²) in [4.78, 5) is 32.7. The van der Waals surface area contributed by atoms with Crippen molar-refractivity contribution in [1.82, 2.24) is 20.6 Å². The summed E-state index contributed by atoms with van der Waals surface area (Å²) in [6, 6.07) is 8.68. The van der Waals surface area contributed by atoms with Crippen LogP contribution in [0.15, 0.2) is 54.5 Å². The molecule has 0 saturated heterocycles. The maximum Gasteiger partial charge on any atom is 0.404 e. The van der Waals surface area contributed by atoms with E-state index in [1.165, 1.54) is 24.8 Å². The predicted octanol–water partition coefficient (Wildman–Crippen LogP) is 4.43.